The normalized spacial score (nSPS) is 10.2. The number of hydrogen-bond donors (Lipinski definition) is 1. The molecule has 0 amide bonds. The summed E-state index contributed by atoms with van der Waals surface area (Å²) in [6.45, 7) is 3.79. The zero-order chi connectivity index (χ0) is 8.59. The van der Waals surface area contributed by atoms with Gasteiger partial charge in [0, 0.05) is 0 Å². The van der Waals surface area contributed by atoms with E-state index in [1.807, 2.05) is 13.8 Å². The molecule has 0 aliphatic carbocycles. The fraction of sp³-hybridized carbons (Fsp3) is 0.286. The molecule has 0 aliphatic heterocycles. The van der Waals surface area contributed by atoms with E-state index in [4.69, 9.17) is 17.3 Å². The maximum Gasteiger partial charge on any atom is 0.137 e. The molecule has 11 heavy (non-hydrogen) atoms. The van der Waals surface area contributed by atoms with Crippen molar-refractivity contribution in [2.75, 3.05) is 5.73 Å². The maximum atomic E-state index is 5.93. The number of nitrogens with zero attached hydrogens (tertiary/aromatic N) is 1. The topological polar surface area (TPSA) is 38.9 Å². The van der Waals surface area contributed by atoms with Crippen molar-refractivity contribution in [2.24, 2.45) is 0 Å². The van der Waals surface area contributed by atoms with Crippen LogP contribution in [-0.2, 0) is 0 Å². The molecule has 1 rings (SSSR count). The molecule has 60 valence electrons. The molecular weight excluding hydrogens is 274 g/mol. The number of aromatic nitrogens is 1. The second kappa shape index (κ2) is 3.15. The first-order valence-electron chi connectivity index (χ1n) is 3.11. The van der Waals surface area contributed by atoms with E-state index in [2.05, 4.69) is 27.6 Å². The van der Waals surface area contributed by atoms with Crippen LogP contribution in [0, 0.1) is 17.4 Å². The van der Waals surface area contributed by atoms with Crippen LogP contribution in [0.4, 0.5) is 5.82 Å². The Hall–Kier alpha value is -0.0300. The van der Waals surface area contributed by atoms with Gasteiger partial charge in [-0.25, -0.2) is 4.98 Å². The lowest BCUT2D eigenvalue weighted by Gasteiger charge is -2.06. The van der Waals surface area contributed by atoms with Crippen molar-refractivity contribution in [3.05, 3.63) is 19.9 Å². The van der Waals surface area contributed by atoms with Gasteiger partial charge in [0.1, 0.15) is 5.82 Å². The van der Waals surface area contributed by atoms with E-state index in [0.717, 1.165) is 14.8 Å². The third-order valence-electron chi connectivity index (χ3n) is 1.49. The van der Waals surface area contributed by atoms with Gasteiger partial charge in [-0.2, -0.15) is 0 Å². The van der Waals surface area contributed by atoms with Crippen molar-refractivity contribution in [3.63, 3.8) is 0 Å². The number of nitrogens with two attached hydrogens (primary N) is 1. The average molecular weight is 283 g/mol. The van der Waals surface area contributed by atoms with Crippen LogP contribution >= 0.6 is 34.2 Å². The van der Waals surface area contributed by atoms with Crippen LogP contribution in [0.3, 0.4) is 0 Å². The van der Waals surface area contributed by atoms with Crippen molar-refractivity contribution in [3.8, 4) is 0 Å². The molecule has 2 nitrogen and oxygen atoms in total. The van der Waals surface area contributed by atoms with Crippen molar-refractivity contribution in [2.45, 2.75) is 13.8 Å². The highest BCUT2D eigenvalue weighted by molar-refractivity contribution is 14.1. The fourth-order valence-electron chi connectivity index (χ4n) is 0.839. The van der Waals surface area contributed by atoms with Crippen LogP contribution in [0.25, 0.3) is 0 Å². The Morgan fingerprint density at radius 3 is 2.55 bits per heavy atom. The van der Waals surface area contributed by atoms with Crippen LogP contribution in [0.5, 0.6) is 0 Å². The summed E-state index contributed by atoms with van der Waals surface area (Å²) in [5, 5.41) is 0.712. The van der Waals surface area contributed by atoms with Gasteiger partial charge in [-0.1, -0.05) is 11.6 Å². The van der Waals surface area contributed by atoms with Crippen molar-refractivity contribution < 1.29 is 0 Å². The Morgan fingerprint density at radius 1 is 1.45 bits per heavy atom. The number of pyridine rings is 1. The lowest BCUT2D eigenvalue weighted by molar-refractivity contribution is 1.17. The molecule has 0 radical (unpaired) electrons. The van der Waals surface area contributed by atoms with Crippen LogP contribution < -0.4 is 5.73 Å². The van der Waals surface area contributed by atoms with Crippen molar-refractivity contribution >= 4 is 40.0 Å². The first-order chi connectivity index (χ1) is 5.04. The third-order valence-corrected chi connectivity index (χ3v) is 3.41. The molecule has 0 unspecified atom stereocenters. The standard InChI is InChI=1S/C7H8ClIN2/c1-3-5(8)4(2)11-7(10)6(3)9/h1-2H3,(H2,10,11). The van der Waals surface area contributed by atoms with E-state index in [1.54, 1.807) is 0 Å². The van der Waals surface area contributed by atoms with Crippen molar-refractivity contribution in [1.82, 2.24) is 4.98 Å². The van der Waals surface area contributed by atoms with Gasteiger partial charge < -0.3 is 5.73 Å². The molecule has 0 saturated carbocycles. The van der Waals surface area contributed by atoms with Gasteiger partial charge in [0.25, 0.3) is 0 Å². The molecule has 0 atom stereocenters. The molecule has 4 heteroatoms. The first kappa shape index (κ1) is 9.06. The highest BCUT2D eigenvalue weighted by atomic mass is 127. The number of anilines is 1. The number of aryl methyl sites for hydroxylation is 1. The van der Waals surface area contributed by atoms with E-state index in [0.29, 0.717) is 10.8 Å². The van der Waals surface area contributed by atoms with Gasteiger partial charge in [-0.05, 0) is 42.0 Å². The van der Waals surface area contributed by atoms with Crippen LogP contribution in [-0.4, -0.2) is 4.98 Å². The minimum absolute atomic E-state index is 0.560. The summed E-state index contributed by atoms with van der Waals surface area (Å²) in [6, 6.07) is 0. The molecule has 0 spiro atoms. The lowest BCUT2D eigenvalue weighted by Crippen LogP contribution is -1.99. The second-order valence-electron chi connectivity index (χ2n) is 2.34. The number of nitrogen functional groups attached to an aromatic ring is 1. The van der Waals surface area contributed by atoms with Gasteiger partial charge in [-0.15, -0.1) is 0 Å². The molecule has 0 aromatic carbocycles. The average Bonchev–Trinajstić information content (AvgIpc) is 1.97. The van der Waals surface area contributed by atoms with Crippen molar-refractivity contribution in [1.29, 1.82) is 0 Å². The highest BCUT2D eigenvalue weighted by Gasteiger charge is 2.07. The molecule has 0 bridgehead atoms. The van der Waals surface area contributed by atoms with Crippen LogP contribution in [0.15, 0.2) is 0 Å². The summed E-state index contributed by atoms with van der Waals surface area (Å²) in [5.74, 6) is 0.560. The molecule has 1 aromatic heterocycles. The van der Waals surface area contributed by atoms with Gasteiger partial charge >= 0.3 is 0 Å². The summed E-state index contributed by atoms with van der Waals surface area (Å²) in [5.41, 5.74) is 7.42. The number of hydrogen-bond acceptors (Lipinski definition) is 2. The summed E-state index contributed by atoms with van der Waals surface area (Å²) < 4.78 is 0.943. The number of rotatable bonds is 0. The summed E-state index contributed by atoms with van der Waals surface area (Å²) >= 11 is 8.07. The number of halogens is 2. The maximum absolute atomic E-state index is 5.93. The SMILES string of the molecule is Cc1nc(N)c(I)c(C)c1Cl. The fourth-order valence-corrected chi connectivity index (χ4v) is 1.53. The third kappa shape index (κ3) is 1.59. The molecular formula is C7H8ClIN2. The largest absolute Gasteiger partial charge is 0.383 e. The Bertz CT molecular complexity index is 273. The Balaban J connectivity index is 3.46. The molecule has 0 saturated heterocycles. The van der Waals surface area contributed by atoms with E-state index in [9.17, 15) is 0 Å². The zero-order valence-electron chi connectivity index (χ0n) is 6.28. The minimum Gasteiger partial charge on any atom is -0.383 e. The monoisotopic (exact) mass is 282 g/mol. The predicted molar refractivity (Wildman–Crippen MR) is 55.9 cm³/mol. The van der Waals surface area contributed by atoms with E-state index >= 15 is 0 Å². The Kier molecular flexibility index (Phi) is 2.59. The van der Waals surface area contributed by atoms with Gasteiger partial charge in [0.2, 0.25) is 0 Å². The highest BCUT2D eigenvalue weighted by Crippen LogP contribution is 2.26. The Morgan fingerprint density at radius 2 is 2.00 bits per heavy atom. The van der Waals surface area contributed by atoms with Gasteiger partial charge in [-0.3, -0.25) is 0 Å². The van der Waals surface area contributed by atoms with Gasteiger partial charge in [0.05, 0.1) is 14.3 Å². The second-order valence-corrected chi connectivity index (χ2v) is 3.79. The molecule has 2 N–H and O–H groups in total. The zero-order valence-corrected chi connectivity index (χ0v) is 9.19. The van der Waals surface area contributed by atoms with E-state index in [1.165, 1.54) is 0 Å². The molecule has 1 heterocycles. The van der Waals surface area contributed by atoms with E-state index in [-0.39, 0.29) is 0 Å². The summed E-state index contributed by atoms with van der Waals surface area (Å²) in [4.78, 5) is 4.07. The Labute approximate surface area is 84.3 Å². The molecule has 1 aromatic rings. The van der Waals surface area contributed by atoms with Crippen LogP contribution in [0.1, 0.15) is 11.3 Å². The smallest absolute Gasteiger partial charge is 0.137 e. The predicted octanol–water partition coefficient (Wildman–Crippen LogP) is 2.54. The van der Waals surface area contributed by atoms with Crippen LogP contribution in [0.2, 0.25) is 5.02 Å². The minimum atomic E-state index is 0.560. The summed E-state index contributed by atoms with van der Waals surface area (Å²) in [6.07, 6.45) is 0. The van der Waals surface area contributed by atoms with E-state index < -0.39 is 0 Å². The summed E-state index contributed by atoms with van der Waals surface area (Å²) in [7, 11) is 0. The molecule has 0 aliphatic rings. The first-order valence-corrected chi connectivity index (χ1v) is 4.57. The quantitative estimate of drug-likeness (QED) is 0.743. The lowest BCUT2D eigenvalue weighted by atomic mass is 10.2. The van der Waals surface area contributed by atoms with Gasteiger partial charge in [0.15, 0.2) is 0 Å². The molecule has 0 fully saturated rings.